The molecule has 0 aliphatic carbocycles. The van der Waals surface area contributed by atoms with Gasteiger partial charge in [-0.3, -0.25) is 4.79 Å². The summed E-state index contributed by atoms with van der Waals surface area (Å²) in [5, 5.41) is 0. The normalized spacial score (nSPS) is 10.3. The largest absolute Gasteiger partial charge is 0.493 e. The van der Waals surface area contributed by atoms with Crippen LogP contribution in [-0.2, 0) is 13.2 Å². The van der Waals surface area contributed by atoms with Gasteiger partial charge in [0.1, 0.15) is 13.2 Å². The summed E-state index contributed by atoms with van der Waals surface area (Å²) in [6, 6.07) is 23.1. The molecule has 0 fully saturated rings. The summed E-state index contributed by atoms with van der Waals surface area (Å²) in [6.07, 6.45) is 0. The first-order valence-electron chi connectivity index (χ1n) is 8.74. The molecule has 0 heterocycles. The number of ether oxygens (including phenoxy) is 3. The third-order valence-electron chi connectivity index (χ3n) is 4.11. The van der Waals surface area contributed by atoms with Gasteiger partial charge in [-0.25, -0.2) is 0 Å². The monoisotopic (exact) mass is 362 g/mol. The Kier molecular flexibility index (Phi) is 6.10. The molecule has 0 saturated heterocycles. The van der Waals surface area contributed by atoms with Gasteiger partial charge in [0.2, 0.25) is 5.75 Å². The molecule has 0 bridgehead atoms. The van der Waals surface area contributed by atoms with Crippen LogP contribution < -0.4 is 14.2 Å². The van der Waals surface area contributed by atoms with Crippen LogP contribution in [0.15, 0.2) is 72.8 Å². The lowest BCUT2D eigenvalue weighted by atomic mass is 10.1. The van der Waals surface area contributed by atoms with Crippen LogP contribution in [0.5, 0.6) is 17.2 Å². The van der Waals surface area contributed by atoms with E-state index in [1.54, 1.807) is 19.2 Å². The summed E-state index contributed by atoms with van der Waals surface area (Å²) in [5.41, 5.74) is 2.57. The molecular weight excluding hydrogens is 340 g/mol. The zero-order valence-corrected chi connectivity index (χ0v) is 15.5. The van der Waals surface area contributed by atoms with Crippen molar-refractivity contribution in [3.63, 3.8) is 0 Å². The Hall–Kier alpha value is -3.27. The van der Waals surface area contributed by atoms with Crippen LogP contribution in [0.25, 0.3) is 0 Å². The van der Waals surface area contributed by atoms with E-state index in [0.29, 0.717) is 36.0 Å². The van der Waals surface area contributed by atoms with Crippen LogP contribution in [-0.4, -0.2) is 12.9 Å². The van der Waals surface area contributed by atoms with Crippen LogP contribution >= 0.6 is 0 Å². The zero-order chi connectivity index (χ0) is 19.1. The SMILES string of the molecule is COc1cc(C(C)=O)cc(OCc2ccccc2)c1OCc1ccccc1. The average Bonchev–Trinajstić information content (AvgIpc) is 2.71. The first kappa shape index (κ1) is 18.5. The van der Waals surface area contributed by atoms with Crippen LogP contribution in [0.4, 0.5) is 0 Å². The van der Waals surface area contributed by atoms with Crippen LogP contribution in [0, 0.1) is 0 Å². The Bertz CT molecular complexity index is 889. The van der Waals surface area contributed by atoms with Crippen molar-refractivity contribution in [3.05, 3.63) is 89.5 Å². The third-order valence-corrected chi connectivity index (χ3v) is 4.11. The van der Waals surface area contributed by atoms with Gasteiger partial charge >= 0.3 is 0 Å². The maximum atomic E-state index is 11.9. The number of Topliss-reactive ketones (excluding diaryl/α,β-unsaturated/α-hetero) is 1. The molecule has 0 unspecified atom stereocenters. The summed E-state index contributed by atoms with van der Waals surface area (Å²) in [6.45, 7) is 2.26. The van der Waals surface area contributed by atoms with Crippen molar-refractivity contribution in [3.8, 4) is 17.2 Å². The topological polar surface area (TPSA) is 44.8 Å². The molecule has 0 saturated carbocycles. The second kappa shape index (κ2) is 8.90. The lowest BCUT2D eigenvalue weighted by Crippen LogP contribution is -2.04. The van der Waals surface area contributed by atoms with E-state index in [1.807, 2.05) is 60.7 Å². The number of carbonyl (C=O) groups is 1. The number of carbonyl (C=O) groups excluding carboxylic acids is 1. The highest BCUT2D eigenvalue weighted by molar-refractivity contribution is 5.95. The quantitative estimate of drug-likeness (QED) is 0.526. The minimum atomic E-state index is -0.0625. The molecule has 0 aliphatic rings. The molecule has 0 radical (unpaired) electrons. The lowest BCUT2D eigenvalue weighted by molar-refractivity contribution is 0.101. The highest BCUT2D eigenvalue weighted by Crippen LogP contribution is 2.39. The van der Waals surface area contributed by atoms with Crippen LogP contribution in [0.3, 0.4) is 0 Å². The Morgan fingerprint density at radius 3 is 1.81 bits per heavy atom. The van der Waals surface area contributed by atoms with Crippen LogP contribution in [0.2, 0.25) is 0 Å². The van der Waals surface area contributed by atoms with Crippen molar-refractivity contribution in [1.82, 2.24) is 0 Å². The number of ketones is 1. The molecule has 4 nitrogen and oxygen atoms in total. The number of methoxy groups -OCH3 is 1. The van der Waals surface area contributed by atoms with Gasteiger partial charge in [-0.1, -0.05) is 60.7 Å². The molecule has 0 atom stereocenters. The number of hydrogen-bond donors (Lipinski definition) is 0. The maximum Gasteiger partial charge on any atom is 0.203 e. The Morgan fingerprint density at radius 1 is 0.778 bits per heavy atom. The third kappa shape index (κ3) is 4.88. The maximum absolute atomic E-state index is 11.9. The predicted octanol–water partition coefficient (Wildman–Crippen LogP) is 5.06. The highest BCUT2D eigenvalue weighted by atomic mass is 16.5. The van der Waals surface area contributed by atoms with Gasteiger partial charge in [0.15, 0.2) is 17.3 Å². The molecule has 138 valence electrons. The van der Waals surface area contributed by atoms with Gasteiger partial charge in [0.25, 0.3) is 0 Å². The fraction of sp³-hybridized carbons (Fsp3) is 0.174. The smallest absolute Gasteiger partial charge is 0.203 e. The first-order chi connectivity index (χ1) is 13.2. The average molecular weight is 362 g/mol. The first-order valence-corrected chi connectivity index (χ1v) is 8.74. The Balaban J connectivity index is 1.89. The van der Waals surface area contributed by atoms with Gasteiger partial charge in [0, 0.05) is 5.56 Å². The molecule has 0 aliphatic heterocycles. The number of rotatable bonds is 8. The molecule has 3 rings (SSSR count). The minimum absolute atomic E-state index is 0.0625. The molecule has 3 aromatic rings. The van der Waals surface area contributed by atoms with Gasteiger partial charge in [0.05, 0.1) is 7.11 Å². The predicted molar refractivity (Wildman–Crippen MR) is 105 cm³/mol. The molecule has 0 N–H and O–H groups in total. The summed E-state index contributed by atoms with van der Waals surface area (Å²) in [4.78, 5) is 11.9. The Morgan fingerprint density at radius 2 is 1.30 bits per heavy atom. The number of hydrogen-bond acceptors (Lipinski definition) is 4. The number of benzene rings is 3. The molecule has 0 amide bonds. The van der Waals surface area contributed by atoms with Crippen molar-refractivity contribution in [2.45, 2.75) is 20.1 Å². The van der Waals surface area contributed by atoms with E-state index in [0.717, 1.165) is 11.1 Å². The van der Waals surface area contributed by atoms with Crippen molar-refractivity contribution in [2.24, 2.45) is 0 Å². The molecule has 27 heavy (non-hydrogen) atoms. The molecule has 0 aromatic heterocycles. The van der Waals surface area contributed by atoms with E-state index in [2.05, 4.69) is 0 Å². The van der Waals surface area contributed by atoms with E-state index < -0.39 is 0 Å². The van der Waals surface area contributed by atoms with E-state index >= 15 is 0 Å². The molecular formula is C23H22O4. The van der Waals surface area contributed by atoms with Gasteiger partial charge < -0.3 is 14.2 Å². The molecule has 3 aromatic carbocycles. The fourth-order valence-electron chi connectivity index (χ4n) is 2.65. The van der Waals surface area contributed by atoms with Crippen molar-refractivity contribution < 1.29 is 19.0 Å². The lowest BCUT2D eigenvalue weighted by Gasteiger charge is -2.17. The summed E-state index contributed by atoms with van der Waals surface area (Å²) < 4.78 is 17.5. The van der Waals surface area contributed by atoms with E-state index in [1.165, 1.54) is 6.92 Å². The zero-order valence-electron chi connectivity index (χ0n) is 15.5. The second-order valence-corrected chi connectivity index (χ2v) is 6.11. The summed E-state index contributed by atoms with van der Waals surface area (Å²) >= 11 is 0. The van der Waals surface area contributed by atoms with E-state index in [4.69, 9.17) is 14.2 Å². The minimum Gasteiger partial charge on any atom is -0.493 e. The van der Waals surface area contributed by atoms with Crippen molar-refractivity contribution >= 4 is 5.78 Å². The highest BCUT2D eigenvalue weighted by Gasteiger charge is 2.17. The summed E-state index contributed by atoms with van der Waals surface area (Å²) in [5.74, 6) is 1.38. The Labute approximate surface area is 159 Å². The fourth-order valence-corrected chi connectivity index (χ4v) is 2.65. The molecule has 4 heteroatoms. The van der Waals surface area contributed by atoms with Crippen LogP contribution in [0.1, 0.15) is 28.4 Å². The van der Waals surface area contributed by atoms with E-state index in [9.17, 15) is 4.79 Å². The summed E-state index contributed by atoms with van der Waals surface area (Å²) in [7, 11) is 1.55. The van der Waals surface area contributed by atoms with Gasteiger partial charge in [-0.15, -0.1) is 0 Å². The van der Waals surface area contributed by atoms with Crippen molar-refractivity contribution in [1.29, 1.82) is 0 Å². The standard InChI is InChI=1S/C23H22O4/c1-17(24)20-13-21(25-2)23(27-16-19-11-7-4-8-12-19)22(14-20)26-15-18-9-5-3-6-10-18/h3-14H,15-16H2,1-2H3. The molecule has 0 spiro atoms. The van der Waals surface area contributed by atoms with Crippen molar-refractivity contribution in [2.75, 3.05) is 7.11 Å². The van der Waals surface area contributed by atoms with Gasteiger partial charge in [-0.2, -0.15) is 0 Å². The second-order valence-electron chi connectivity index (χ2n) is 6.11. The van der Waals surface area contributed by atoms with Gasteiger partial charge in [-0.05, 0) is 30.2 Å². The van der Waals surface area contributed by atoms with E-state index in [-0.39, 0.29) is 5.78 Å².